The minimum absolute atomic E-state index is 0.0399. The molecular formula is C26H36N2O3Si. The summed E-state index contributed by atoms with van der Waals surface area (Å²) in [7, 11) is -2.11. The molecule has 0 spiro atoms. The molecule has 5 nitrogen and oxygen atoms in total. The number of ether oxygens (including phenoxy) is 1. The van der Waals surface area contributed by atoms with Crippen molar-refractivity contribution in [3.63, 3.8) is 0 Å². The van der Waals surface area contributed by atoms with Crippen molar-refractivity contribution in [1.29, 1.82) is 0 Å². The number of para-hydroxylation sites is 1. The van der Waals surface area contributed by atoms with Crippen LogP contribution in [0.5, 0.6) is 0 Å². The molecule has 0 radical (unpaired) electrons. The van der Waals surface area contributed by atoms with Crippen molar-refractivity contribution in [3.8, 4) is 0 Å². The molecule has 3 aromatic rings. The Morgan fingerprint density at radius 3 is 2.38 bits per heavy atom. The van der Waals surface area contributed by atoms with Crippen LogP contribution in [0.3, 0.4) is 0 Å². The van der Waals surface area contributed by atoms with E-state index < -0.39 is 20.0 Å². The topological polar surface area (TPSA) is 53.4 Å². The van der Waals surface area contributed by atoms with Crippen LogP contribution in [0.1, 0.15) is 59.8 Å². The maximum atomic E-state index is 13.4. The minimum Gasteiger partial charge on any atom is -0.443 e. The predicted octanol–water partition coefficient (Wildman–Crippen LogP) is 7.61. The Morgan fingerprint density at radius 1 is 1.12 bits per heavy atom. The zero-order chi connectivity index (χ0) is 23.9. The number of pyridine rings is 1. The molecule has 0 aliphatic rings. The van der Waals surface area contributed by atoms with Crippen LogP contribution in [-0.2, 0) is 9.16 Å². The fraction of sp³-hybridized carbons (Fsp3) is 0.462. The van der Waals surface area contributed by atoms with E-state index in [0.29, 0.717) is 6.42 Å². The Morgan fingerprint density at radius 2 is 1.78 bits per heavy atom. The van der Waals surface area contributed by atoms with Gasteiger partial charge in [0.15, 0.2) is 8.32 Å². The van der Waals surface area contributed by atoms with Crippen LogP contribution in [0.15, 0.2) is 49.2 Å². The molecule has 0 bridgehead atoms. The second kappa shape index (κ2) is 8.48. The van der Waals surface area contributed by atoms with Gasteiger partial charge in [-0.15, -0.1) is 6.58 Å². The van der Waals surface area contributed by atoms with Gasteiger partial charge in [0.2, 0.25) is 0 Å². The largest absolute Gasteiger partial charge is 0.443 e. The van der Waals surface area contributed by atoms with Crippen LogP contribution in [0.2, 0.25) is 18.1 Å². The average molecular weight is 453 g/mol. The summed E-state index contributed by atoms with van der Waals surface area (Å²) in [4.78, 5) is 18.1. The number of hydrogen-bond donors (Lipinski definition) is 0. The van der Waals surface area contributed by atoms with Gasteiger partial charge in [0.05, 0.1) is 22.8 Å². The van der Waals surface area contributed by atoms with Crippen molar-refractivity contribution >= 4 is 36.2 Å². The number of hydrogen-bond acceptors (Lipinski definition) is 4. The highest BCUT2D eigenvalue weighted by Crippen LogP contribution is 2.42. The van der Waals surface area contributed by atoms with Crippen molar-refractivity contribution in [2.75, 3.05) is 0 Å². The van der Waals surface area contributed by atoms with Gasteiger partial charge in [-0.05, 0) is 57.5 Å². The van der Waals surface area contributed by atoms with Gasteiger partial charge in [0, 0.05) is 17.0 Å². The molecular weight excluding hydrogens is 416 g/mol. The first-order valence-corrected chi connectivity index (χ1v) is 14.1. The maximum absolute atomic E-state index is 13.4. The first-order valence-electron chi connectivity index (χ1n) is 11.2. The summed E-state index contributed by atoms with van der Waals surface area (Å²) >= 11 is 0. The summed E-state index contributed by atoms with van der Waals surface area (Å²) < 4.78 is 14.3. The monoisotopic (exact) mass is 452 g/mol. The number of benzene rings is 1. The molecule has 1 unspecified atom stereocenters. The summed E-state index contributed by atoms with van der Waals surface area (Å²) in [5.41, 5.74) is 1.67. The first kappa shape index (κ1) is 24.2. The van der Waals surface area contributed by atoms with Gasteiger partial charge in [0.25, 0.3) is 0 Å². The molecule has 0 aliphatic heterocycles. The minimum atomic E-state index is -2.11. The molecule has 172 valence electrons. The zero-order valence-electron chi connectivity index (χ0n) is 20.7. The summed E-state index contributed by atoms with van der Waals surface area (Å²) in [6.07, 6.45) is 3.55. The Hall–Kier alpha value is -2.44. The van der Waals surface area contributed by atoms with Crippen LogP contribution >= 0.6 is 0 Å². The SMILES string of the molecule is C=CCC(O[Si](C)(C)C(C)(C)C)c1nccc2c3ccccc3n(C(=O)OC(C)(C)C)c12. The van der Waals surface area contributed by atoms with E-state index in [-0.39, 0.29) is 11.1 Å². The van der Waals surface area contributed by atoms with Crippen LogP contribution in [0, 0.1) is 0 Å². The van der Waals surface area contributed by atoms with Gasteiger partial charge in [-0.3, -0.25) is 4.98 Å². The van der Waals surface area contributed by atoms with Gasteiger partial charge in [-0.2, -0.15) is 0 Å². The second-order valence-corrected chi connectivity index (χ2v) is 15.6. The highest BCUT2D eigenvalue weighted by Gasteiger charge is 2.40. The summed E-state index contributed by atoms with van der Waals surface area (Å²) in [5, 5.41) is 1.99. The smallest absolute Gasteiger partial charge is 0.419 e. The molecule has 0 N–H and O–H groups in total. The molecule has 0 fully saturated rings. The zero-order valence-corrected chi connectivity index (χ0v) is 21.7. The lowest BCUT2D eigenvalue weighted by atomic mass is 10.1. The van der Waals surface area contributed by atoms with Crippen molar-refractivity contribution in [1.82, 2.24) is 9.55 Å². The summed E-state index contributed by atoms with van der Waals surface area (Å²) in [6.45, 7) is 20.7. The molecule has 2 aromatic heterocycles. The first-order chi connectivity index (χ1) is 14.8. The second-order valence-electron chi connectivity index (χ2n) is 10.8. The molecule has 0 amide bonds. The molecule has 1 aromatic carbocycles. The molecule has 0 aliphatic carbocycles. The lowest BCUT2D eigenvalue weighted by Crippen LogP contribution is -2.42. The van der Waals surface area contributed by atoms with E-state index in [2.05, 4.69) is 40.4 Å². The predicted molar refractivity (Wildman–Crippen MR) is 135 cm³/mol. The van der Waals surface area contributed by atoms with Gasteiger partial charge in [-0.1, -0.05) is 45.0 Å². The van der Waals surface area contributed by atoms with E-state index in [9.17, 15) is 4.79 Å². The quantitative estimate of drug-likeness (QED) is 0.295. The van der Waals surface area contributed by atoms with Crippen LogP contribution in [0.25, 0.3) is 21.8 Å². The third kappa shape index (κ3) is 4.66. The van der Waals surface area contributed by atoms with E-state index in [1.165, 1.54) is 0 Å². The number of nitrogens with zero attached hydrogens (tertiary/aromatic N) is 2. The van der Waals surface area contributed by atoms with Gasteiger partial charge in [-0.25, -0.2) is 9.36 Å². The highest BCUT2D eigenvalue weighted by molar-refractivity contribution is 6.74. The summed E-state index contributed by atoms with van der Waals surface area (Å²) in [6, 6.07) is 9.84. The van der Waals surface area contributed by atoms with Gasteiger partial charge >= 0.3 is 6.09 Å². The highest BCUT2D eigenvalue weighted by atomic mass is 28.4. The molecule has 0 saturated heterocycles. The summed E-state index contributed by atoms with van der Waals surface area (Å²) in [5.74, 6) is 0. The molecule has 1 atom stereocenters. The van der Waals surface area contributed by atoms with Crippen LogP contribution in [-0.4, -0.2) is 29.6 Å². The van der Waals surface area contributed by atoms with Crippen molar-refractivity contribution in [3.05, 3.63) is 54.9 Å². The van der Waals surface area contributed by atoms with E-state index in [1.54, 1.807) is 10.8 Å². The Kier molecular flexibility index (Phi) is 6.42. The van der Waals surface area contributed by atoms with Crippen molar-refractivity contribution in [2.45, 2.75) is 77.8 Å². The lowest BCUT2D eigenvalue weighted by molar-refractivity contribution is 0.0550. The molecule has 32 heavy (non-hydrogen) atoms. The normalized spacial score (nSPS) is 14.0. The third-order valence-electron chi connectivity index (χ3n) is 6.12. The van der Waals surface area contributed by atoms with Gasteiger partial charge < -0.3 is 9.16 Å². The number of rotatable bonds is 5. The third-order valence-corrected chi connectivity index (χ3v) is 10.6. The van der Waals surface area contributed by atoms with E-state index >= 15 is 0 Å². The lowest BCUT2D eigenvalue weighted by Gasteiger charge is -2.39. The van der Waals surface area contributed by atoms with Gasteiger partial charge in [0.1, 0.15) is 5.60 Å². The average Bonchev–Trinajstić information content (AvgIpc) is 3.00. The number of carbonyl (C=O) groups excluding carboxylic acids is 1. The Bertz CT molecular complexity index is 1150. The number of carbonyl (C=O) groups is 1. The number of fused-ring (bicyclic) bond motifs is 3. The fourth-order valence-electron chi connectivity index (χ4n) is 3.57. The van der Waals surface area contributed by atoms with Crippen molar-refractivity contribution < 1.29 is 14.0 Å². The fourth-order valence-corrected chi connectivity index (χ4v) is 4.84. The molecule has 3 rings (SSSR count). The standard InChI is InChI=1S/C26H36N2O3Si/c1-10-13-21(31-32(8,9)26(5,6)7)22-23-19(16-17-27-22)18-14-11-12-15-20(18)28(23)24(29)30-25(2,3)4/h10-12,14-17,21H,1,13H2,2-9H3. The van der Waals surface area contributed by atoms with Crippen molar-refractivity contribution in [2.24, 2.45) is 0 Å². The molecule has 2 heterocycles. The molecule has 0 saturated carbocycles. The Balaban J connectivity index is 2.29. The van der Waals surface area contributed by atoms with Crippen LogP contribution < -0.4 is 0 Å². The van der Waals surface area contributed by atoms with Crippen LogP contribution in [0.4, 0.5) is 4.79 Å². The number of aromatic nitrogens is 2. The van der Waals surface area contributed by atoms with E-state index in [1.807, 2.05) is 57.2 Å². The molecule has 6 heteroatoms. The van der Waals surface area contributed by atoms with E-state index in [0.717, 1.165) is 27.5 Å². The Labute approximate surface area is 192 Å². The maximum Gasteiger partial charge on any atom is 0.419 e. The van der Waals surface area contributed by atoms with E-state index in [4.69, 9.17) is 14.1 Å².